The van der Waals surface area contributed by atoms with Crippen molar-refractivity contribution in [2.24, 2.45) is 3.95 Å². The van der Waals surface area contributed by atoms with Crippen LogP contribution in [0.15, 0.2) is 3.95 Å². The number of carbonyl (C=O) groups excluding carboxylic acids is 1. The maximum atomic E-state index is 11.9. The van der Waals surface area contributed by atoms with Crippen molar-refractivity contribution in [3.05, 3.63) is 0 Å². The normalized spacial score (nSPS) is 24.8. The van der Waals surface area contributed by atoms with Crippen LogP contribution in [0.5, 0.6) is 0 Å². The minimum atomic E-state index is -1.65. The molecule has 1 aliphatic heterocycles. The molecule has 1 amide bonds. The summed E-state index contributed by atoms with van der Waals surface area (Å²) in [6.45, 7) is 8.62. The SMILES string of the molecule is [3H]C1CC(OCC(=O)NCCC[Si](C)(C)OC(C)C)C(CO[N]=[V])O1. The van der Waals surface area contributed by atoms with E-state index in [1.165, 1.54) is 0 Å². The Kier molecular flexibility index (Phi) is 9.70. The van der Waals surface area contributed by atoms with Crippen LogP contribution in [0.3, 0.4) is 0 Å². The van der Waals surface area contributed by atoms with E-state index in [9.17, 15) is 4.79 Å². The molecule has 0 radical (unpaired) electrons. The van der Waals surface area contributed by atoms with Crippen LogP contribution in [-0.4, -0.2) is 58.9 Å². The Morgan fingerprint density at radius 1 is 1.54 bits per heavy atom. The van der Waals surface area contributed by atoms with Crippen LogP contribution < -0.4 is 5.32 Å². The van der Waals surface area contributed by atoms with Gasteiger partial charge < -0.3 is 4.43 Å². The van der Waals surface area contributed by atoms with Gasteiger partial charge in [-0.3, -0.25) is 0 Å². The first-order chi connectivity index (χ1) is 11.7. The molecule has 0 aromatic carbocycles. The van der Waals surface area contributed by atoms with Crippen molar-refractivity contribution in [1.82, 2.24) is 5.32 Å². The Hall–Kier alpha value is -0.0887. The number of carbonyl (C=O) groups is 1. The standard InChI is InChI=1S/C15H30N2O5Si.V/c1-12(2)22-23(3,4)9-5-7-17-15(18)11-20-13-6-8-19-14(13)10-21-16;/h12-14H,5-11H2,1-4H3,(H,17,18);/i8T;. The third kappa shape index (κ3) is 9.41. The number of nitrogens with zero attached hydrogens (tertiary/aromatic N) is 1. The molecule has 0 aromatic rings. The molecular weight excluding hydrogens is 367 g/mol. The molecule has 1 fully saturated rings. The summed E-state index contributed by atoms with van der Waals surface area (Å²) in [5.41, 5.74) is 0. The summed E-state index contributed by atoms with van der Waals surface area (Å²) in [7, 11) is -1.65. The molecule has 1 aliphatic rings. The van der Waals surface area contributed by atoms with Crippen LogP contribution in [0.2, 0.25) is 19.1 Å². The molecule has 0 bridgehead atoms. The van der Waals surface area contributed by atoms with Crippen molar-refractivity contribution in [2.75, 3.05) is 26.3 Å². The van der Waals surface area contributed by atoms with Crippen molar-refractivity contribution < 1.29 is 42.1 Å². The quantitative estimate of drug-likeness (QED) is 0.308. The monoisotopic (exact) mass is 399 g/mol. The van der Waals surface area contributed by atoms with Crippen LogP contribution in [0.4, 0.5) is 0 Å². The molecule has 139 valence electrons. The van der Waals surface area contributed by atoms with Gasteiger partial charge in [-0.1, -0.05) is 0 Å². The van der Waals surface area contributed by atoms with E-state index in [0.29, 0.717) is 13.0 Å². The first-order valence-electron chi connectivity index (χ1n) is 8.91. The topological polar surface area (TPSA) is 78.4 Å². The van der Waals surface area contributed by atoms with Gasteiger partial charge in [0.1, 0.15) is 0 Å². The van der Waals surface area contributed by atoms with E-state index in [2.05, 4.69) is 22.4 Å². The Morgan fingerprint density at radius 3 is 2.96 bits per heavy atom. The van der Waals surface area contributed by atoms with Crippen molar-refractivity contribution in [2.45, 2.75) is 64.1 Å². The molecule has 1 rings (SSSR count). The molecule has 3 atom stereocenters. The Labute approximate surface area is 156 Å². The molecule has 0 saturated carbocycles. The van der Waals surface area contributed by atoms with Gasteiger partial charge in [0.25, 0.3) is 0 Å². The maximum absolute atomic E-state index is 11.9. The van der Waals surface area contributed by atoms with Crippen molar-refractivity contribution in [1.29, 1.82) is 0 Å². The van der Waals surface area contributed by atoms with Gasteiger partial charge >= 0.3 is 110 Å². The van der Waals surface area contributed by atoms with Crippen LogP contribution in [0.1, 0.15) is 28.1 Å². The summed E-state index contributed by atoms with van der Waals surface area (Å²) in [5.74, 6) is -0.158. The van der Waals surface area contributed by atoms with Crippen molar-refractivity contribution in [3.8, 4) is 0 Å². The van der Waals surface area contributed by atoms with Gasteiger partial charge in [-0.25, -0.2) is 0 Å². The molecule has 1 heterocycles. The summed E-state index contributed by atoms with van der Waals surface area (Å²) < 4.78 is 28.1. The Bertz CT molecular complexity index is 431. The van der Waals surface area contributed by atoms with E-state index in [-0.39, 0.29) is 37.4 Å². The van der Waals surface area contributed by atoms with Crippen LogP contribution in [0, 0.1) is 0 Å². The van der Waals surface area contributed by atoms with Crippen molar-refractivity contribution >= 4 is 14.2 Å². The molecule has 0 aliphatic carbocycles. The molecule has 9 heteroatoms. The van der Waals surface area contributed by atoms with Gasteiger partial charge in [-0.05, 0) is 26.9 Å². The van der Waals surface area contributed by atoms with Gasteiger partial charge in [-0.2, -0.15) is 0 Å². The van der Waals surface area contributed by atoms with E-state index < -0.39 is 14.9 Å². The Balaban J connectivity index is 2.20. The summed E-state index contributed by atoms with van der Waals surface area (Å²) in [6.07, 6.45) is 0.866. The zero-order valence-corrected chi connectivity index (χ0v) is 17.4. The number of hydrogen-bond acceptors (Lipinski definition) is 6. The molecule has 0 spiro atoms. The molecule has 0 aromatic heterocycles. The summed E-state index contributed by atoms with van der Waals surface area (Å²) in [5, 5.41) is 2.86. The number of hydrogen-bond donors (Lipinski definition) is 1. The third-order valence-electron chi connectivity index (χ3n) is 3.57. The van der Waals surface area contributed by atoms with E-state index in [1.807, 2.05) is 31.1 Å². The fraction of sp³-hybridized carbons (Fsp3) is 0.933. The molecule has 1 N–H and O–H groups in total. The van der Waals surface area contributed by atoms with E-state index in [1.54, 1.807) is 0 Å². The molecular formula is C15H30N2O5SiV. The van der Waals surface area contributed by atoms with Crippen LogP contribution in [0.25, 0.3) is 0 Å². The zero-order chi connectivity index (χ0) is 18.9. The van der Waals surface area contributed by atoms with Gasteiger partial charge in [0.05, 0.1) is 0 Å². The average molecular weight is 399 g/mol. The van der Waals surface area contributed by atoms with Crippen LogP contribution >= 0.6 is 0 Å². The second-order valence-corrected chi connectivity index (χ2v) is 11.2. The van der Waals surface area contributed by atoms with E-state index >= 15 is 0 Å². The van der Waals surface area contributed by atoms with Gasteiger partial charge in [-0.15, -0.1) is 0 Å². The molecule has 3 unspecified atom stereocenters. The summed E-state index contributed by atoms with van der Waals surface area (Å²) in [6, 6.07) is 1.00. The molecule has 1 saturated heterocycles. The fourth-order valence-corrected chi connectivity index (χ4v) is 5.14. The second kappa shape index (κ2) is 11.5. The summed E-state index contributed by atoms with van der Waals surface area (Å²) >= 11 is 1.96. The van der Waals surface area contributed by atoms with Gasteiger partial charge in [0.15, 0.2) is 8.32 Å². The number of amides is 1. The third-order valence-corrected chi connectivity index (χ3v) is 6.42. The Morgan fingerprint density at radius 2 is 2.29 bits per heavy atom. The number of rotatable bonds is 12. The first kappa shape index (κ1) is 20.2. The second-order valence-electron chi connectivity index (χ2n) is 6.68. The van der Waals surface area contributed by atoms with Crippen molar-refractivity contribution in [3.63, 3.8) is 0 Å². The predicted octanol–water partition coefficient (Wildman–Crippen LogP) is 1.96. The van der Waals surface area contributed by atoms with E-state index in [0.717, 1.165) is 12.5 Å². The minimum absolute atomic E-state index is 0.0418. The fourth-order valence-electron chi connectivity index (χ4n) is 2.61. The van der Waals surface area contributed by atoms with Gasteiger partial charge in [0, 0.05) is 6.10 Å². The molecule has 24 heavy (non-hydrogen) atoms. The summed E-state index contributed by atoms with van der Waals surface area (Å²) in [4.78, 5) is 16.9. The predicted molar refractivity (Wildman–Crippen MR) is 88.6 cm³/mol. The van der Waals surface area contributed by atoms with Gasteiger partial charge in [0.2, 0.25) is 0 Å². The van der Waals surface area contributed by atoms with E-state index in [4.69, 9.17) is 20.1 Å². The number of nitrogens with one attached hydrogen (secondary N) is 1. The first-order valence-corrected chi connectivity index (χ1v) is 12.1. The average Bonchev–Trinajstić information content (AvgIpc) is 2.86. The molecule has 7 nitrogen and oxygen atoms in total. The van der Waals surface area contributed by atoms with Crippen LogP contribution in [-0.2, 0) is 40.8 Å². The zero-order valence-electron chi connectivity index (χ0n) is 16.0. The number of ether oxygens (including phenoxy) is 2.